The van der Waals surface area contributed by atoms with E-state index in [1.807, 2.05) is 0 Å². The Labute approximate surface area is 94.7 Å². The first-order valence-electron chi connectivity index (χ1n) is 4.76. The Hall–Kier alpha value is -1.91. The van der Waals surface area contributed by atoms with Gasteiger partial charge in [-0.15, -0.1) is 0 Å². The van der Waals surface area contributed by atoms with Gasteiger partial charge in [0.2, 0.25) is 5.95 Å². The van der Waals surface area contributed by atoms with Crippen molar-refractivity contribution in [2.45, 2.75) is 6.18 Å². The minimum atomic E-state index is -4.60. The molecule has 1 nitrogen and oxygen atoms in total. The number of benzene rings is 1. The molecule has 0 N–H and O–H groups in total. The fourth-order valence-corrected chi connectivity index (χ4v) is 1.51. The molecule has 88 valence electrons. The van der Waals surface area contributed by atoms with Crippen LogP contribution in [0.25, 0.3) is 11.1 Å². The number of hydrogen-bond acceptors (Lipinski definition) is 1. The molecule has 0 fully saturated rings. The first-order chi connectivity index (χ1) is 7.98. The molecule has 17 heavy (non-hydrogen) atoms. The minimum Gasteiger partial charge on any atom is -0.228 e. The highest BCUT2D eigenvalue weighted by Gasteiger charge is 2.34. The molecule has 2 aromatic rings. The summed E-state index contributed by atoms with van der Waals surface area (Å²) in [5.41, 5.74) is -0.789. The third kappa shape index (κ3) is 2.43. The van der Waals surface area contributed by atoms with E-state index in [9.17, 15) is 17.6 Å². The second kappa shape index (κ2) is 4.16. The monoisotopic (exact) mass is 241 g/mol. The lowest BCUT2D eigenvalue weighted by molar-refractivity contribution is -0.137. The summed E-state index contributed by atoms with van der Waals surface area (Å²) in [6.45, 7) is 0. The van der Waals surface area contributed by atoms with Gasteiger partial charge in [-0.2, -0.15) is 17.6 Å². The lowest BCUT2D eigenvalue weighted by Crippen LogP contribution is -2.08. The maximum absolute atomic E-state index is 12.8. The van der Waals surface area contributed by atoms with Gasteiger partial charge in [-0.25, -0.2) is 4.98 Å². The average Bonchev–Trinajstić information content (AvgIpc) is 2.29. The number of rotatable bonds is 1. The Balaban J connectivity index is 2.63. The van der Waals surface area contributed by atoms with Crippen molar-refractivity contribution >= 4 is 0 Å². The van der Waals surface area contributed by atoms with Crippen molar-refractivity contribution in [2.75, 3.05) is 0 Å². The molecule has 1 heterocycles. The van der Waals surface area contributed by atoms with E-state index in [1.54, 1.807) is 18.2 Å². The molecule has 0 saturated heterocycles. The summed E-state index contributed by atoms with van der Waals surface area (Å²) < 4.78 is 50.9. The second-order valence-corrected chi connectivity index (χ2v) is 3.42. The summed E-state index contributed by atoms with van der Waals surface area (Å²) in [6, 6.07) is 8.35. The molecule has 1 aromatic carbocycles. The number of alkyl halides is 3. The van der Waals surface area contributed by atoms with E-state index in [1.165, 1.54) is 12.1 Å². The fourth-order valence-electron chi connectivity index (χ4n) is 1.51. The molecule has 2 rings (SSSR count). The molecule has 0 amide bonds. The standard InChI is InChI=1S/C12H7F4N/c13-11-6-10(12(14,15)16)9(7-17-11)8-4-2-1-3-5-8/h1-7H. The molecule has 0 atom stereocenters. The highest BCUT2D eigenvalue weighted by atomic mass is 19.4. The van der Waals surface area contributed by atoms with Crippen LogP contribution in [0, 0.1) is 5.95 Å². The summed E-state index contributed by atoms with van der Waals surface area (Å²) in [6.07, 6.45) is -3.71. The molecule has 0 aliphatic rings. The lowest BCUT2D eigenvalue weighted by atomic mass is 10.0. The zero-order valence-electron chi connectivity index (χ0n) is 8.50. The van der Waals surface area contributed by atoms with Crippen LogP contribution in [0.2, 0.25) is 0 Å². The van der Waals surface area contributed by atoms with Crippen molar-refractivity contribution in [1.82, 2.24) is 4.98 Å². The van der Waals surface area contributed by atoms with Crippen molar-refractivity contribution in [3.05, 3.63) is 54.1 Å². The van der Waals surface area contributed by atoms with E-state index in [0.717, 1.165) is 6.20 Å². The van der Waals surface area contributed by atoms with Gasteiger partial charge in [0.15, 0.2) is 0 Å². The second-order valence-electron chi connectivity index (χ2n) is 3.42. The highest BCUT2D eigenvalue weighted by Crippen LogP contribution is 2.36. The summed E-state index contributed by atoms with van der Waals surface area (Å²) >= 11 is 0. The van der Waals surface area contributed by atoms with Crippen LogP contribution in [0.5, 0.6) is 0 Å². The van der Waals surface area contributed by atoms with E-state index in [0.29, 0.717) is 11.6 Å². The fraction of sp³-hybridized carbons (Fsp3) is 0.0833. The maximum Gasteiger partial charge on any atom is 0.417 e. The molecule has 0 unspecified atom stereocenters. The third-order valence-electron chi connectivity index (χ3n) is 2.26. The molecule has 0 spiro atoms. The van der Waals surface area contributed by atoms with Gasteiger partial charge in [-0.1, -0.05) is 30.3 Å². The van der Waals surface area contributed by atoms with E-state index in [2.05, 4.69) is 4.98 Å². The Morgan fingerprint density at radius 1 is 1.00 bits per heavy atom. The number of hydrogen-bond donors (Lipinski definition) is 0. The molecular formula is C12H7F4N. The first kappa shape index (κ1) is 11.6. The van der Waals surface area contributed by atoms with Crippen molar-refractivity contribution in [2.24, 2.45) is 0 Å². The van der Waals surface area contributed by atoms with Gasteiger partial charge >= 0.3 is 6.18 Å². The highest BCUT2D eigenvalue weighted by molar-refractivity contribution is 5.66. The zero-order valence-corrected chi connectivity index (χ0v) is 8.50. The largest absolute Gasteiger partial charge is 0.417 e. The lowest BCUT2D eigenvalue weighted by Gasteiger charge is -2.12. The smallest absolute Gasteiger partial charge is 0.228 e. The van der Waals surface area contributed by atoms with Gasteiger partial charge in [0, 0.05) is 17.8 Å². The predicted octanol–water partition coefficient (Wildman–Crippen LogP) is 3.91. The summed E-state index contributed by atoms with van der Waals surface area (Å²) in [5.74, 6) is -1.14. The van der Waals surface area contributed by atoms with Crippen LogP contribution < -0.4 is 0 Å². The van der Waals surface area contributed by atoms with Crippen LogP contribution in [0.3, 0.4) is 0 Å². The summed E-state index contributed by atoms with van der Waals surface area (Å²) in [5, 5.41) is 0. The SMILES string of the molecule is Fc1cc(C(F)(F)F)c(-c2ccccc2)cn1. The van der Waals surface area contributed by atoms with Crippen LogP contribution in [0.15, 0.2) is 42.6 Å². The summed E-state index contributed by atoms with van der Waals surface area (Å²) in [7, 11) is 0. The Bertz CT molecular complexity index is 520. The van der Waals surface area contributed by atoms with E-state index in [4.69, 9.17) is 0 Å². The molecule has 0 bridgehead atoms. The van der Waals surface area contributed by atoms with Gasteiger partial charge in [0.05, 0.1) is 5.56 Å². The van der Waals surface area contributed by atoms with Crippen molar-refractivity contribution in [3.8, 4) is 11.1 Å². The number of aromatic nitrogens is 1. The van der Waals surface area contributed by atoms with Gasteiger partial charge in [-0.3, -0.25) is 0 Å². The molecule has 5 heteroatoms. The average molecular weight is 241 g/mol. The number of pyridine rings is 1. The molecule has 0 aliphatic carbocycles. The third-order valence-corrected chi connectivity index (χ3v) is 2.26. The zero-order chi connectivity index (χ0) is 12.5. The number of nitrogens with zero attached hydrogens (tertiary/aromatic N) is 1. The molecular weight excluding hydrogens is 234 g/mol. The van der Waals surface area contributed by atoms with Gasteiger partial charge in [-0.05, 0) is 5.56 Å². The molecule has 1 aromatic heterocycles. The Kier molecular flexibility index (Phi) is 2.83. The first-order valence-corrected chi connectivity index (χ1v) is 4.76. The topological polar surface area (TPSA) is 12.9 Å². The van der Waals surface area contributed by atoms with Crippen LogP contribution in [0.4, 0.5) is 17.6 Å². The summed E-state index contributed by atoms with van der Waals surface area (Å²) in [4.78, 5) is 3.26. The van der Waals surface area contributed by atoms with Crippen LogP contribution >= 0.6 is 0 Å². The van der Waals surface area contributed by atoms with Crippen molar-refractivity contribution in [3.63, 3.8) is 0 Å². The molecule has 0 saturated carbocycles. The van der Waals surface area contributed by atoms with E-state index >= 15 is 0 Å². The Morgan fingerprint density at radius 3 is 2.24 bits per heavy atom. The minimum absolute atomic E-state index is 0.125. The Morgan fingerprint density at radius 2 is 1.65 bits per heavy atom. The van der Waals surface area contributed by atoms with Crippen molar-refractivity contribution in [1.29, 1.82) is 0 Å². The number of halogens is 4. The van der Waals surface area contributed by atoms with Gasteiger partial charge in [0.25, 0.3) is 0 Å². The quantitative estimate of drug-likeness (QED) is 0.545. The molecule has 0 radical (unpaired) electrons. The van der Waals surface area contributed by atoms with Crippen molar-refractivity contribution < 1.29 is 17.6 Å². The van der Waals surface area contributed by atoms with E-state index < -0.39 is 17.7 Å². The molecule has 0 aliphatic heterocycles. The van der Waals surface area contributed by atoms with Gasteiger partial charge < -0.3 is 0 Å². The predicted molar refractivity (Wildman–Crippen MR) is 54.6 cm³/mol. The van der Waals surface area contributed by atoms with Crippen LogP contribution in [-0.2, 0) is 6.18 Å². The normalized spacial score (nSPS) is 11.5. The van der Waals surface area contributed by atoms with Crippen LogP contribution in [-0.4, -0.2) is 4.98 Å². The van der Waals surface area contributed by atoms with E-state index in [-0.39, 0.29) is 5.56 Å². The van der Waals surface area contributed by atoms with Gasteiger partial charge in [0.1, 0.15) is 0 Å². The van der Waals surface area contributed by atoms with Crippen LogP contribution in [0.1, 0.15) is 5.56 Å². The maximum atomic E-state index is 12.8.